The average molecular weight is 488 g/mol. The summed E-state index contributed by atoms with van der Waals surface area (Å²) in [7, 11) is -0.756. The van der Waals surface area contributed by atoms with Crippen LogP contribution in [0.25, 0.3) is 10.6 Å². The second kappa shape index (κ2) is 9.50. The van der Waals surface area contributed by atoms with Crippen LogP contribution in [-0.4, -0.2) is 68.9 Å². The van der Waals surface area contributed by atoms with E-state index in [0.717, 1.165) is 16.3 Å². The van der Waals surface area contributed by atoms with Crippen molar-refractivity contribution in [2.75, 3.05) is 40.4 Å². The lowest BCUT2D eigenvalue weighted by Gasteiger charge is -2.34. The molecule has 10 heteroatoms. The van der Waals surface area contributed by atoms with E-state index in [1.54, 1.807) is 34.4 Å². The molecule has 0 unspecified atom stereocenters. The van der Waals surface area contributed by atoms with E-state index in [2.05, 4.69) is 4.98 Å². The minimum absolute atomic E-state index is 0.111. The normalized spacial score (nSPS) is 14.8. The molecular formula is C23H25N3O5S2. The van der Waals surface area contributed by atoms with Crippen molar-refractivity contribution < 1.29 is 22.7 Å². The first-order chi connectivity index (χ1) is 15.8. The van der Waals surface area contributed by atoms with Gasteiger partial charge in [0.05, 0.1) is 19.1 Å². The molecule has 1 amide bonds. The number of carbonyl (C=O) groups excluding carboxylic acids is 1. The Morgan fingerprint density at radius 2 is 1.64 bits per heavy atom. The van der Waals surface area contributed by atoms with Gasteiger partial charge in [-0.25, -0.2) is 13.4 Å². The molecule has 0 N–H and O–H groups in total. The van der Waals surface area contributed by atoms with Crippen LogP contribution in [0, 0.1) is 6.92 Å². The van der Waals surface area contributed by atoms with Gasteiger partial charge in [-0.2, -0.15) is 4.31 Å². The Bertz CT molecular complexity index is 1250. The van der Waals surface area contributed by atoms with E-state index in [-0.39, 0.29) is 23.9 Å². The number of ether oxygens (including phenoxy) is 2. The van der Waals surface area contributed by atoms with Gasteiger partial charge in [0.2, 0.25) is 10.0 Å². The molecule has 8 nitrogen and oxygen atoms in total. The number of rotatable bonds is 6. The molecule has 0 atom stereocenters. The smallest absolute Gasteiger partial charge is 0.253 e. The lowest BCUT2D eigenvalue weighted by molar-refractivity contribution is 0.0698. The summed E-state index contributed by atoms with van der Waals surface area (Å²) in [6.07, 6.45) is 0. The van der Waals surface area contributed by atoms with Crippen molar-refractivity contribution in [1.29, 1.82) is 0 Å². The van der Waals surface area contributed by atoms with Crippen LogP contribution in [0.3, 0.4) is 0 Å². The quantitative estimate of drug-likeness (QED) is 0.530. The van der Waals surface area contributed by atoms with Crippen molar-refractivity contribution in [2.24, 2.45) is 0 Å². The predicted molar refractivity (Wildman–Crippen MR) is 126 cm³/mol. The maximum Gasteiger partial charge on any atom is 0.253 e. The number of methoxy groups -OCH3 is 2. The van der Waals surface area contributed by atoms with Crippen LogP contribution in [0.15, 0.2) is 52.7 Å². The molecule has 0 aliphatic carbocycles. The molecule has 2 aromatic carbocycles. The molecule has 0 spiro atoms. The molecule has 0 saturated carbocycles. The third kappa shape index (κ3) is 4.73. The van der Waals surface area contributed by atoms with Crippen molar-refractivity contribution in [3.63, 3.8) is 0 Å². The third-order valence-corrected chi connectivity index (χ3v) is 8.42. The monoisotopic (exact) mass is 487 g/mol. The van der Waals surface area contributed by atoms with E-state index in [4.69, 9.17) is 9.47 Å². The molecule has 1 aliphatic rings. The number of carbonyl (C=O) groups is 1. The average Bonchev–Trinajstić information content (AvgIpc) is 3.29. The fourth-order valence-electron chi connectivity index (χ4n) is 3.68. The van der Waals surface area contributed by atoms with Gasteiger partial charge < -0.3 is 14.4 Å². The van der Waals surface area contributed by atoms with Crippen LogP contribution in [0.5, 0.6) is 11.5 Å². The minimum Gasteiger partial charge on any atom is -0.493 e. The highest BCUT2D eigenvalue weighted by atomic mass is 32.2. The summed E-state index contributed by atoms with van der Waals surface area (Å²) >= 11 is 1.57. The molecule has 174 valence electrons. The van der Waals surface area contributed by atoms with Gasteiger partial charge in [-0.1, -0.05) is 12.1 Å². The van der Waals surface area contributed by atoms with E-state index >= 15 is 0 Å². The highest BCUT2D eigenvalue weighted by molar-refractivity contribution is 7.89. The molecule has 2 heterocycles. The number of benzene rings is 2. The summed E-state index contributed by atoms with van der Waals surface area (Å²) in [6.45, 7) is 3.03. The van der Waals surface area contributed by atoms with Gasteiger partial charge in [0.25, 0.3) is 5.91 Å². The lowest BCUT2D eigenvalue weighted by atomic mass is 10.1. The highest BCUT2D eigenvalue weighted by Gasteiger charge is 2.31. The first-order valence-electron chi connectivity index (χ1n) is 10.4. The first kappa shape index (κ1) is 23.2. The molecule has 33 heavy (non-hydrogen) atoms. The summed E-state index contributed by atoms with van der Waals surface area (Å²) in [5.41, 5.74) is 2.51. The summed E-state index contributed by atoms with van der Waals surface area (Å²) < 4.78 is 38.0. The van der Waals surface area contributed by atoms with Crippen molar-refractivity contribution in [1.82, 2.24) is 14.2 Å². The fraction of sp³-hybridized carbons (Fsp3) is 0.304. The third-order valence-electron chi connectivity index (χ3n) is 5.52. The number of aryl methyl sites for hydroxylation is 1. The lowest BCUT2D eigenvalue weighted by Crippen LogP contribution is -2.50. The molecule has 0 bridgehead atoms. The van der Waals surface area contributed by atoms with Crippen LogP contribution in [0.1, 0.15) is 16.1 Å². The van der Waals surface area contributed by atoms with Gasteiger partial charge in [0.15, 0.2) is 11.5 Å². The summed E-state index contributed by atoms with van der Waals surface area (Å²) in [4.78, 5) is 19.2. The maximum absolute atomic E-state index is 13.1. The highest BCUT2D eigenvalue weighted by Crippen LogP contribution is 2.31. The molecule has 1 saturated heterocycles. The molecule has 1 aromatic heterocycles. The van der Waals surface area contributed by atoms with Crippen LogP contribution in [0.4, 0.5) is 0 Å². The Kier molecular flexibility index (Phi) is 6.68. The van der Waals surface area contributed by atoms with Gasteiger partial charge in [-0.05, 0) is 31.2 Å². The topological polar surface area (TPSA) is 89.0 Å². The zero-order valence-corrected chi connectivity index (χ0v) is 20.3. The van der Waals surface area contributed by atoms with Crippen LogP contribution < -0.4 is 9.47 Å². The van der Waals surface area contributed by atoms with Crippen LogP contribution in [-0.2, 0) is 10.0 Å². The number of hydrogen-bond acceptors (Lipinski definition) is 7. The number of sulfonamides is 1. The zero-order valence-electron chi connectivity index (χ0n) is 18.6. The Morgan fingerprint density at radius 3 is 2.21 bits per heavy atom. The van der Waals surface area contributed by atoms with E-state index in [9.17, 15) is 13.2 Å². The number of nitrogens with zero attached hydrogens (tertiary/aromatic N) is 3. The number of piperazine rings is 1. The molecule has 4 rings (SSSR count). The van der Waals surface area contributed by atoms with Crippen LogP contribution >= 0.6 is 11.3 Å². The molecule has 1 aliphatic heterocycles. The Hall–Kier alpha value is -2.95. The molecule has 3 aromatic rings. The SMILES string of the molecule is COc1ccc(S(=O)(=O)N2CCN(C(=O)c3ccc(-c4nc(C)cs4)cc3)CC2)cc1OC. The zero-order chi connectivity index (χ0) is 23.6. The van der Waals surface area contributed by atoms with E-state index < -0.39 is 10.0 Å². The Labute approximate surface area is 197 Å². The maximum atomic E-state index is 13.1. The van der Waals surface area contributed by atoms with Crippen molar-refractivity contribution in [2.45, 2.75) is 11.8 Å². The van der Waals surface area contributed by atoms with E-state index in [1.807, 2.05) is 24.4 Å². The Morgan fingerprint density at radius 1 is 0.970 bits per heavy atom. The molecule has 1 fully saturated rings. The largest absolute Gasteiger partial charge is 0.493 e. The second-order valence-corrected chi connectivity index (χ2v) is 10.4. The number of thiazole rings is 1. The van der Waals surface area contributed by atoms with E-state index in [1.165, 1.54) is 30.7 Å². The predicted octanol–water partition coefficient (Wildman–Crippen LogP) is 3.28. The molecule has 0 radical (unpaired) electrons. The second-order valence-electron chi connectivity index (χ2n) is 7.58. The van der Waals surface area contributed by atoms with Gasteiger partial charge in [-0.15, -0.1) is 11.3 Å². The van der Waals surface area contributed by atoms with Gasteiger partial charge >= 0.3 is 0 Å². The van der Waals surface area contributed by atoms with Gasteiger partial charge in [0, 0.05) is 54.4 Å². The van der Waals surface area contributed by atoms with Crippen molar-refractivity contribution in [3.8, 4) is 22.1 Å². The number of amides is 1. The van der Waals surface area contributed by atoms with Gasteiger partial charge in [0.1, 0.15) is 5.01 Å². The standard InChI is InChI=1S/C23H25N3O5S2/c1-16-15-32-22(24-16)17-4-6-18(7-5-17)23(27)25-10-12-26(13-11-25)33(28,29)19-8-9-20(30-2)21(14-19)31-3/h4-9,14-15H,10-13H2,1-3H3. The molecular weight excluding hydrogens is 462 g/mol. The van der Waals surface area contributed by atoms with Gasteiger partial charge in [-0.3, -0.25) is 4.79 Å². The fourth-order valence-corrected chi connectivity index (χ4v) is 5.92. The number of aromatic nitrogens is 1. The van der Waals surface area contributed by atoms with Crippen molar-refractivity contribution >= 4 is 27.3 Å². The minimum atomic E-state index is -3.71. The number of hydrogen-bond donors (Lipinski definition) is 0. The van der Waals surface area contributed by atoms with Crippen molar-refractivity contribution in [3.05, 3.63) is 59.1 Å². The first-order valence-corrected chi connectivity index (χ1v) is 12.7. The Balaban J connectivity index is 1.42. The summed E-state index contributed by atoms with van der Waals surface area (Å²) in [5, 5.41) is 2.91. The summed E-state index contributed by atoms with van der Waals surface area (Å²) in [6, 6.07) is 11.9. The van der Waals surface area contributed by atoms with E-state index in [0.29, 0.717) is 30.2 Å². The summed E-state index contributed by atoms with van der Waals surface area (Å²) in [5.74, 6) is 0.701. The van der Waals surface area contributed by atoms with Crippen LogP contribution in [0.2, 0.25) is 0 Å².